The molecule has 0 radical (unpaired) electrons. The summed E-state index contributed by atoms with van der Waals surface area (Å²) in [5.41, 5.74) is 1.63. The molecule has 1 unspecified atom stereocenters. The largest absolute Gasteiger partial charge is 0.480 e. The lowest BCUT2D eigenvalue weighted by Crippen LogP contribution is -2.31. The number of pyridine rings is 1. The van der Waals surface area contributed by atoms with Crippen molar-refractivity contribution in [2.45, 2.75) is 6.42 Å². The molecule has 2 aromatic rings. The van der Waals surface area contributed by atoms with E-state index in [2.05, 4.69) is 15.2 Å². The molecule has 0 saturated carbocycles. The number of carbonyl (C=O) groups is 1. The molecule has 1 aliphatic rings. The first kappa shape index (κ1) is 16.6. The van der Waals surface area contributed by atoms with Crippen LogP contribution in [0.3, 0.4) is 0 Å². The molecule has 1 N–H and O–H groups in total. The van der Waals surface area contributed by atoms with Crippen molar-refractivity contribution in [1.29, 1.82) is 0 Å². The fourth-order valence-electron chi connectivity index (χ4n) is 2.94. The first-order valence-corrected chi connectivity index (χ1v) is 8.33. The van der Waals surface area contributed by atoms with Gasteiger partial charge in [-0.3, -0.25) is 4.79 Å². The number of hydrogen-bond donors (Lipinski definition) is 1. The van der Waals surface area contributed by atoms with Crippen LogP contribution < -0.4 is 15.0 Å². The van der Waals surface area contributed by atoms with Gasteiger partial charge in [0.15, 0.2) is 0 Å². The molecule has 1 amide bonds. The Kier molecular flexibility index (Phi) is 5.20. The molecule has 0 bridgehead atoms. The molecular formula is C18H20ClN3O2. The van der Waals surface area contributed by atoms with Gasteiger partial charge in [0.1, 0.15) is 5.56 Å². The van der Waals surface area contributed by atoms with E-state index in [1.54, 1.807) is 18.3 Å². The lowest BCUT2D eigenvalue weighted by molar-refractivity contribution is 0.0944. The molecule has 6 heteroatoms. The summed E-state index contributed by atoms with van der Waals surface area (Å²) >= 11 is 5.93. The van der Waals surface area contributed by atoms with Gasteiger partial charge in [0.05, 0.1) is 7.11 Å². The van der Waals surface area contributed by atoms with Gasteiger partial charge in [-0.25, -0.2) is 4.98 Å². The molecule has 2 heterocycles. The lowest BCUT2D eigenvalue weighted by Gasteiger charge is -2.19. The van der Waals surface area contributed by atoms with Crippen molar-refractivity contribution in [2.24, 2.45) is 5.92 Å². The number of benzene rings is 1. The number of nitrogens with one attached hydrogen (secondary N) is 1. The zero-order valence-electron chi connectivity index (χ0n) is 13.5. The summed E-state index contributed by atoms with van der Waals surface area (Å²) in [6.45, 7) is 2.55. The Morgan fingerprint density at radius 2 is 2.17 bits per heavy atom. The van der Waals surface area contributed by atoms with E-state index in [0.717, 1.165) is 24.5 Å². The van der Waals surface area contributed by atoms with Crippen LogP contribution in [0.1, 0.15) is 16.8 Å². The average molecular weight is 346 g/mol. The van der Waals surface area contributed by atoms with Crippen LogP contribution in [0.2, 0.25) is 5.02 Å². The van der Waals surface area contributed by atoms with Crippen molar-refractivity contribution < 1.29 is 9.53 Å². The van der Waals surface area contributed by atoms with Crippen LogP contribution in [0.4, 0.5) is 5.69 Å². The summed E-state index contributed by atoms with van der Waals surface area (Å²) in [5, 5.41) is 3.73. The Bertz CT molecular complexity index is 706. The number of hydrogen-bond acceptors (Lipinski definition) is 4. The molecule has 5 nitrogen and oxygen atoms in total. The summed E-state index contributed by atoms with van der Waals surface area (Å²) in [6, 6.07) is 11.3. The van der Waals surface area contributed by atoms with E-state index in [4.69, 9.17) is 16.3 Å². The SMILES string of the molecule is COc1ncccc1C(=O)NCC1CCN(c2ccc(Cl)cc2)C1. The van der Waals surface area contributed by atoms with Crippen LogP contribution in [0, 0.1) is 5.92 Å². The van der Waals surface area contributed by atoms with Gasteiger partial charge >= 0.3 is 0 Å². The average Bonchev–Trinajstić information content (AvgIpc) is 3.09. The van der Waals surface area contributed by atoms with Gasteiger partial charge in [-0.15, -0.1) is 0 Å². The number of ether oxygens (including phenoxy) is 1. The van der Waals surface area contributed by atoms with E-state index >= 15 is 0 Å². The van der Waals surface area contributed by atoms with Gasteiger partial charge < -0.3 is 15.0 Å². The molecule has 1 aromatic carbocycles. The highest BCUT2D eigenvalue weighted by Gasteiger charge is 2.23. The fraction of sp³-hybridized carbons (Fsp3) is 0.333. The molecule has 24 heavy (non-hydrogen) atoms. The molecule has 0 aliphatic carbocycles. The molecule has 1 aliphatic heterocycles. The Morgan fingerprint density at radius 3 is 2.92 bits per heavy atom. The Balaban J connectivity index is 1.54. The van der Waals surface area contributed by atoms with E-state index in [1.807, 2.05) is 24.3 Å². The maximum atomic E-state index is 12.3. The first-order valence-electron chi connectivity index (χ1n) is 7.95. The van der Waals surface area contributed by atoms with Crippen molar-refractivity contribution in [3.63, 3.8) is 0 Å². The molecule has 0 spiro atoms. The predicted octanol–water partition coefficient (Wildman–Crippen LogP) is 3.00. The number of nitrogens with zero attached hydrogens (tertiary/aromatic N) is 2. The number of carbonyl (C=O) groups excluding carboxylic acids is 1. The second kappa shape index (κ2) is 7.53. The van der Waals surface area contributed by atoms with Gasteiger partial charge in [-0.2, -0.15) is 0 Å². The topological polar surface area (TPSA) is 54.5 Å². The zero-order valence-corrected chi connectivity index (χ0v) is 14.3. The Morgan fingerprint density at radius 1 is 1.38 bits per heavy atom. The van der Waals surface area contributed by atoms with E-state index in [9.17, 15) is 4.79 Å². The van der Waals surface area contributed by atoms with E-state index in [1.165, 1.54) is 12.8 Å². The molecule has 1 atom stereocenters. The second-order valence-corrected chi connectivity index (χ2v) is 6.28. The van der Waals surface area contributed by atoms with Crippen molar-refractivity contribution >= 4 is 23.2 Å². The normalized spacial score (nSPS) is 16.9. The van der Waals surface area contributed by atoms with Gasteiger partial charge in [-0.1, -0.05) is 11.6 Å². The number of anilines is 1. The summed E-state index contributed by atoms with van der Waals surface area (Å²) in [5.74, 6) is 0.626. The first-order chi connectivity index (χ1) is 11.7. The fourth-order valence-corrected chi connectivity index (χ4v) is 3.07. The highest BCUT2D eigenvalue weighted by atomic mass is 35.5. The number of rotatable bonds is 5. The van der Waals surface area contributed by atoms with Crippen LogP contribution in [0.25, 0.3) is 0 Å². The van der Waals surface area contributed by atoms with Gasteiger partial charge in [0, 0.05) is 36.5 Å². The van der Waals surface area contributed by atoms with Crippen molar-refractivity contribution in [2.75, 3.05) is 31.6 Å². The minimum atomic E-state index is -0.148. The zero-order chi connectivity index (χ0) is 16.9. The quantitative estimate of drug-likeness (QED) is 0.905. The van der Waals surface area contributed by atoms with Gasteiger partial charge in [0.25, 0.3) is 5.91 Å². The lowest BCUT2D eigenvalue weighted by atomic mass is 10.1. The maximum absolute atomic E-state index is 12.3. The summed E-state index contributed by atoms with van der Waals surface area (Å²) in [7, 11) is 1.51. The van der Waals surface area contributed by atoms with Crippen LogP contribution in [0.15, 0.2) is 42.6 Å². The van der Waals surface area contributed by atoms with Crippen LogP contribution in [-0.4, -0.2) is 37.6 Å². The highest BCUT2D eigenvalue weighted by Crippen LogP contribution is 2.25. The molecule has 126 valence electrons. The third-order valence-corrected chi connectivity index (χ3v) is 4.49. The highest BCUT2D eigenvalue weighted by molar-refractivity contribution is 6.30. The standard InChI is InChI=1S/C18H20ClN3O2/c1-24-18-16(3-2-9-20-18)17(23)21-11-13-8-10-22(12-13)15-6-4-14(19)5-7-15/h2-7,9,13H,8,10-12H2,1H3,(H,21,23). The Hall–Kier alpha value is -2.27. The molecule has 3 rings (SSSR count). The molecule has 1 saturated heterocycles. The molecular weight excluding hydrogens is 326 g/mol. The number of methoxy groups -OCH3 is 1. The van der Waals surface area contributed by atoms with Gasteiger partial charge in [0.2, 0.25) is 5.88 Å². The van der Waals surface area contributed by atoms with E-state index < -0.39 is 0 Å². The minimum Gasteiger partial charge on any atom is -0.480 e. The Labute approximate surface area is 146 Å². The summed E-state index contributed by atoms with van der Waals surface area (Å²) < 4.78 is 5.13. The summed E-state index contributed by atoms with van der Waals surface area (Å²) in [4.78, 5) is 18.7. The van der Waals surface area contributed by atoms with Crippen molar-refractivity contribution in [3.8, 4) is 5.88 Å². The van der Waals surface area contributed by atoms with Crippen molar-refractivity contribution in [3.05, 3.63) is 53.2 Å². The van der Waals surface area contributed by atoms with Crippen LogP contribution >= 0.6 is 11.6 Å². The van der Waals surface area contributed by atoms with E-state index in [-0.39, 0.29) is 5.91 Å². The van der Waals surface area contributed by atoms with E-state index in [0.29, 0.717) is 23.9 Å². The third-order valence-electron chi connectivity index (χ3n) is 4.24. The monoisotopic (exact) mass is 345 g/mol. The minimum absolute atomic E-state index is 0.148. The number of halogens is 1. The predicted molar refractivity (Wildman–Crippen MR) is 94.9 cm³/mol. The molecule has 1 fully saturated rings. The van der Waals surface area contributed by atoms with Crippen molar-refractivity contribution in [1.82, 2.24) is 10.3 Å². The van der Waals surface area contributed by atoms with Crippen LogP contribution in [-0.2, 0) is 0 Å². The van der Waals surface area contributed by atoms with Gasteiger partial charge in [-0.05, 0) is 48.7 Å². The number of amides is 1. The smallest absolute Gasteiger partial charge is 0.256 e. The summed E-state index contributed by atoms with van der Waals surface area (Å²) in [6.07, 6.45) is 2.66. The molecule has 1 aromatic heterocycles. The maximum Gasteiger partial charge on any atom is 0.256 e. The third kappa shape index (κ3) is 3.79. The number of aromatic nitrogens is 1. The second-order valence-electron chi connectivity index (χ2n) is 5.85. The van der Waals surface area contributed by atoms with Crippen LogP contribution in [0.5, 0.6) is 5.88 Å².